The second kappa shape index (κ2) is 6.42. The van der Waals surface area contributed by atoms with Gasteiger partial charge in [0.2, 0.25) is 0 Å². The van der Waals surface area contributed by atoms with Gasteiger partial charge in [0.1, 0.15) is 0 Å². The first kappa shape index (κ1) is 14.4. The van der Waals surface area contributed by atoms with Gasteiger partial charge in [-0.25, -0.2) is 0 Å². The summed E-state index contributed by atoms with van der Waals surface area (Å²) in [5.41, 5.74) is 5.10. The van der Waals surface area contributed by atoms with Gasteiger partial charge < -0.3 is 10.8 Å². The lowest BCUT2D eigenvalue weighted by molar-refractivity contribution is 0.0104. The molecule has 1 aliphatic rings. The Hall–Kier alpha value is -0.0300. The first-order valence-corrected chi connectivity index (χ1v) is 8.23. The number of hydrogen-bond donors (Lipinski definition) is 2. The first-order valence-electron chi connectivity index (χ1n) is 6.45. The summed E-state index contributed by atoms with van der Waals surface area (Å²) in [6.07, 6.45) is 4.15. The van der Waals surface area contributed by atoms with E-state index in [4.69, 9.17) is 5.73 Å². The van der Waals surface area contributed by atoms with Crippen LogP contribution in [-0.2, 0) is 0 Å². The van der Waals surface area contributed by atoms with Crippen LogP contribution in [0.1, 0.15) is 25.7 Å². The summed E-state index contributed by atoms with van der Waals surface area (Å²) >= 11 is 5.29. The van der Waals surface area contributed by atoms with E-state index in [0.29, 0.717) is 12.5 Å². The number of benzene rings is 1. The molecular weight excluding hydrogens is 310 g/mol. The summed E-state index contributed by atoms with van der Waals surface area (Å²) < 4.78 is 1.11. The third-order valence-electron chi connectivity index (χ3n) is 3.82. The van der Waals surface area contributed by atoms with Crippen LogP contribution < -0.4 is 5.73 Å². The van der Waals surface area contributed by atoms with Crippen LogP contribution >= 0.6 is 27.7 Å². The largest absolute Gasteiger partial charge is 0.388 e. The maximum absolute atomic E-state index is 10.4. The van der Waals surface area contributed by atoms with Crippen molar-refractivity contribution in [1.29, 1.82) is 0 Å². The maximum atomic E-state index is 10.4. The molecule has 4 heteroatoms. The van der Waals surface area contributed by atoms with Crippen molar-refractivity contribution in [1.82, 2.24) is 0 Å². The molecule has 1 aromatic carbocycles. The van der Waals surface area contributed by atoms with Gasteiger partial charge in [-0.1, -0.05) is 22.4 Å². The van der Waals surface area contributed by atoms with Gasteiger partial charge >= 0.3 is 0 Å². The molecule has 1 fully saturated rings. The van der Waals surface area contributed by atoms with Gasteiger partial charge in [0.05, 0.1) is 5.60 Å². The summed E-state index contributed by atoms with van der Waals surface area (Å²) in [5.74, 6) is 1.43. The van der Waals surface area contributed by atoms with Crippen molar-refractivity contribution in [3.05, 3.63) is 28.7 Å². The molecule has 1 aromatic rings. The molecule has 0 spiro atoms. The minimum atomic E-state index is -0.597. The van der Waals surface area contributed by atoms with E-state index in [0.717, 1.165) is 35.9 Å². The Labute approximate surface area is 121 Å². The van der Waals surface area contributed by atoms with E-state index in [1.165, 1.54) is 4.90 Å². The van der Waals surface area contributed by atoms with Crippen LogP contribution in [0, 0.1) is 5.92 Å². The molecule has 1 aliphatic carbocycles. The van der Waals surface area contributed by atoms with Crippen molar-refractivity contribution >= 4 is 27.7 Å². The van der Waals surface area contributed by atoms with Gasteiger partial charge in [-0.05, 0) is 55.2 Å². The fraction of sp³-hybridized carbons (Fsp3) is 0.571. The Kier molecular flexibility index (Phi) is 5.13. The first-order chi connectivity index (χ1) is 8.64. The van der Waals surface area contributed by atoms with E-state index >= 15 is 0 Å². The predicted molar refractivity (Wildman–Crippen MR) is 80.8 cm³/mol. The van der Waals surface area contributed by atoms with Gasteiger partial charge in [-0.15, -0.1) is 11.8 Å². The highest BCUT2D eigenvalue weighted by Gasteiger charge is 2.39. The van der Waals surface area contributed by atoms with E-state index in [1.54, 1.807) is 0 Å². The minimum Gasteiger partial charge on any atom is -0.388 e. The fourth-order valence-corrected chi connectivity index (χ4v) is 3.89. The van der Waals surface area contributed by atoms with Crippen LogP contribution in [0.15, 0.2) is 33.6 Å². The van der Waals surface area contributed by atoms with Crippen molar-refractivity contribution in [3.8, 4) is 0 Å². The van der Waals surface area contributed by atoms with E-state index in [9.17, 15) is 5.11 Å². The van der Waals surface area contributed by atoms with Crippen molar-refractivity contribution in [2.45, 2.75) is 36.2 Å². The number of nitrogens with two attached hydrogens (primary N) is 1. The van der Waals surface area contributed by atoms with Gasteiger partial charge in [0.15, 0.2) is 0 Å². The lowest BCUT2D eigenvalue weighted by Gasteiger charge is -2.28. The molecule has 2 rings (SSSR count). The monoisotopic (exact) mass is 329 g/mol. The average molecular weight is 330 g/mol. The fourth-order valence-electron chi connectivity index (χ4n) is 2.66. The van der Waals surface area contributed by atoms with Crippen LogP contribution in [0.2, 0.25) is 0 Å². The molecule has 0 aliphatic heterocycles. The lowest BCUT2D eigenvalue weighted by Crippen LogP contribution is -2.41. The maximum Gasteiger partial charge on any atom is 0.0797 e. The van der Waals surface area contributed by atoms with Gasteiger partial charge in [0.25, 0.3) is 0 Å². The average Bonchev–Trinajstić information content (AvgIpc) is 2.74. The summed E-state index contributed by atoms with van der Waals surface area (Å²) in [6, 6.07) is 8.37. The topological polar surface area (TPSA) is 46.2 Å². The summed E-state index contributed by atoms with van der Waals surface area (Å²) in [6.45, 7) is 0.403. The standard InChI is InChI=1S/C14H20BrNOS/c15-12-3-5-13(6-4-12)18-9-7-11-2-1-8-14(11,17)10-16/h3-6,11,17H,1-2,7-10,16H2. The smallest absolute Gasteiger partial charge is 0.0797 e. The molecule has 0 aromatic heterocycles. The number of rotatable bonds is 5. The quantitative estimate of drug-likeness (QED) is 0.813. The van der Waals surface area contributed by atoms with E-state index in [1.807, 2.05) is 11.8 Å². The molecule has 1 saturated carbocycles. The number of aliphatic hydroxyl groups is 1. The zero-order valence-corrected chi connectivity index (χ0v) is 12.8. The Morgan fingerprint density at radius 1 is 1.39 bits per heavy atom. The van der Waals surface area contributed by atoms with Gasteiger partial charge in [-0.3, -0.25) is 0 Å². The van der Waals surface area contributed by atoms with Crippen molar-refractivity contribution in [3.63, 3.8) is 0 Å². The molecule has 2 nitrogen and oxygen atoms in total. The third kappa shape index (κ3) is 3.50. The second-order valence-corrected chi connectivity index (χ2v) is 7.07. The Bertz CT molecular complexity index is 384. The highest BCUT2D eigenvalue weighted by Crippen LogP contribution is 2.38. The molecule has 0 radical (unpaired) electrons. The third-order valence-corrected chi connectivity index (χ3v) is 5.40. The molecule has 2 atom stereocenters. The van der Waals surface area contributed by atoms with Gasteiger partial charge in [-0.2, -0.15) is 0 Å². The van der Waals surface area contributed by atoms with E-state index in [-0.39, 0.29) is 0 Å². The van der Waals surface area contributed by atoms with Crippen LogP contribution in [0.5, 0.6) is 0 Å². The lowest BCUT2D eigenvalue weighted by atomic mass is 9.89. The Morgan fingerprint density at radius 3 is 2.78 bits per heavy atom. The molecule has 0 amide bonds. The molecule has 0 saturated heterocycles. The Morgan fingerprint density at radius 2 is 2.11 bits per heavy atom. The molecule has 100 valence electrons. The molecule has 0 bridgehead atoms. The molecular formula is C14H20BrNOS. The second-order valence-electron chi connectivity index (χ2n) is 4.99. The van der Waals surface area contributed by atoms with E-state index < -0.39 is 5.60 Å². The van der Waals surface area contributed by atoms with Crippen molar-refractivity contribution in [2.24, 2.45) is 11.7 Å². The number of thioether (sulfide) groups is 1. The summed E-state index contributed by atoms with van der Waals surface area (Å²) in [4.78, 5) is 1.28. The highest BCUT2D eigenvalue weighted by molar-refractivity contribution is 9.10. The van der Waals surface area contributed by atoms with E-state index in [2.05, 4.69) is 40.2 Å². The zero-order chi connectivity index (χ0) is 13.0. The molecule has 18 heavy (non-hydrogen) atoms. The minimum absolute atomic E-state index is 0.380. The van der Waals surface area contributed by atoms with Crippen LogP contribution in [-0.4, -0.2) is 23.0 Å². The van der Waals surface area contributed by atoms with Crippen molar-refractivity contribution in [2.75, 3.05) is 12.3 Å². The Balaban J connectivity index is 1.80. The van der Waals surface area contributed by atoms with Crippen LogP contribution in [0.4, 0.5) is 0 Å². The van der Waals surface area contributed by atoms with Crippen LogP contribution in [0.25, 0.3) is 0 Å². The summed E-state index contributed by atoms with van der Waals surface area (Å²) in [7, 11) is 0. The van der Waals surface area contributed by atoms with Crippen LogP contribution in [0.3, 0.4) is 0 Å². The SMILES string of the molecule is NCC1(O)CCCC1CCSc1ccc(Br)cc1. The zero-order valence-electron chi connectivity index (χ0n) is 10.4. The molecule has 0 heterocycles. The number of hydrogen-bond acceptors (Lipinski definition) is 3. The summed E-state index contributed by atoms with van der Waals surface area (Å²) in [5, 5.41) is 10.4. The highest BCUT2D eigenvalue weighted by atomic mass is 79.9. The molecule has 2 unspecified atom stereocenters. The van der Waals surface area contributed by atoms with Gasteiger partial charge in [0, 0.05) is 15.9 Å². The molecule has 3 N–H and O–H groups in total. The normalized spacial score (nSPS) is 27.6. The predicted octanol–water partition coefficient (Wildman–Crippen LogP) is 3.42. The van der Waals surface area contributed by atoms with Crippen molar-refractivity contribution < 1.29 is 5.11 Å². The number of halogens is 1.